The molecule has 0 bridgehead atoms. The van der Waals surface area contributed by atoms with Crippen LogP contribution in [0, 0.1) is 11.6 Å². The molecule has 1 amide bonds. The van der Waals surface area contributed by atoms with Crippen molar-refractivity contribution in [2.24, 2.45) is 0 Å². The van der Waals surface area contributed by atoms with E-state index < -0.39 is 0 Å². The third-order valence-corrected chi connectivity index (χ3v) is 5.71. The predicted molar refractivity (Wildman–Crippen MR) is 123 cm³/mol. The van der Waals surface area contributed by atoms with Crippen LogP contribution in [0.5, 0.6) is 0 Å². The molecular weight excluding hydrogens is 426 g/mol. The van der Waals surface area contributed by atoms with Gasteiger partial charge in [0.1, 0.15) is 17.5 Å². The first-order chi connectivity index (χ1) is 16.0. The Labute approximate surface area is 191 Å². The van der Waals surface area contributed by atoms with E-state index in [1.54, 1.807) is 37.6 Å². The number of hydrogen-bond acceptors (Lipinski definition) is 5. The van der Waals surface area contributed by atoms with E-state index in [2.05, 4.69) is 15.2 Å². The Morgan fingerprint density at radius 2 is 1.58 bits per heavy atom. The van der Waals surface area contributed by atoms with Gasteiger partial charge in [0, 0.05) is 43.8 Å². The van der Waals surface area contributed by atoms with Gasteiger partial charge >= 0.3 is 0 Å². The summed E-state index contributed by atoms with van der Waals surface area (Å²) in [6, 6.07) is 12.3. The van der Waals surface area contributed by atoms with Crippen molar-refractivity contribution in [3.05, 3.63) is 66.4 Å². The van der Waals surface area contributed by atoms with Gasteiger partial charge in [0.2, 0.25) is 5.91 Å². The molecule has 1 aliphatic heterocycles. The number of amides is 1. The van der Waals surface area contributed by atoms with Gasteiger partial charge in [-0.2, -0.15) is 0 Å². The van der Waals surface area contributed by atoms with E-state index in [4.69, 9.17) is 9.72 Å². The van der Waals surface area contributed by atoms with Gasteiger partial charge in [0.05, 0.1) is 24.2 Å². The number of methoxy groups -OCH3 is 1. The minimum absolute atomic E-state index is 0.00246. The fourth-order valence-electron chi connectivity index (χ4n) is 3.91. The van der Waals surface area contributed by atoms with Crippen LogP contribution in [0.1, 0.15) is 19.3 Å². The van der Waals surface area contributed by atoms with Crippen LogP contribution < -0.4 is 10.2 Å². The zero-order valence-electron chi connectivity index (χ0n) is 18.4. The summed E-state index contributed by atoms with van der Waals surface area (Å²) in [6.45, 7) is 1.86. The molecule has 3 aromatic rings. The molecular formula is C25H26F2N4O2. The van der Waals surface area contributed by atoms with Crippen LogP contribution in [0.25, 0.3) is 22.5 Å². The van der Waals surface area contributed by atoms with Crippen LogP contribution in [0.2, 0.25) is 0 Å². The molecule has 2 heterocycles. The molecule has 1 saturated heterocycles. The molecule has 0 radical (unpaired) electrons. The number of aromatic nitrogens is 2. The Morgan fingerprint density at radius 1 is 1.00 bits per heavy atom. The lowest BCUT2D eigenvalue weighted by molar-refractivity contribution is -0.122. The number of nitrogens with zero attached hydrogens (tertiary/aromatic N) is 3. The number of nitrogens with one attached hydrogen (secondary N) is 1. The first kappa shape index (κ1) is 22.8. The molecule has 1 N–H and O–H groups in total. The van der Waals surface area contributed by atoms with Crippen molar-refractivity contribution < 1.29 is 18.3 Å². The molecule has 1 aliphatic rings. The summed E-state index contributed by atoms with van der Waals surface area (Å²) in [7, 11) is 1.58. The molecule has 4 rings (SSSR count). The Bertz CT molecular complexity index is 1080. The second kappa shape index (κ2) is 10.5. The highest BCUT2D eigenvalue weighted by Gasteiger charge is 2.23. The Balaban J connectivity index is 1.55. The average Bonchev–Trinajstić information content (AvgIpc) is 2.84. The number of halogens is 2. The number of carbonyl (C=O) groups excluding carboxylic acids is 1. The van der Waals surface area contributed by atoms with Gasteiger partial charge in [-0.25, -0.2) is 13.8 Å². The molecule has 0 saturated carbocycles. The molecule has 172 valence electrons. The number of piperidine rings is 1. The van der Waals surface area contributed by atoms with E-state index >= 15 is 0 Å². The standard InChI is InChI=1S/C25H26F2N4O2/c1-33-15-12-23(32)29-21-10-13-31(14-11-21)22-16-28-24(17-2-6-19(26)7-3-17)25(30-22)18-4-8-20(27)9-5-18/h2-9,16,21H,10-15H2,1H3,(H,29,32). The van der Waals surface area contributed by atoms with E-state index in [0.29, 0.717) is 30.2 Å². The van der Waals surface area contributed by atoms with Crippen LogP contribution in [0.3, 0.4) is 0 Å². The van der Waals surface area contributed by atoms with Crippen LogP contribution in [-0.2, 0) is 9.53 Å². The summed E-state index contributed by atoms with van der Waals surface area (Å²) in [5.74, 6) is 0.0475. The normalized spacial score (nSPS) is 14.3. The van der Waals surface area contributed by atoms with Gasteiger partial charge in [-0.1, -0.05) is 0 Å². The Kier molecular flexibility index (Phi) is 7.24. The zero-order valence-corrected chi connectivity index (χ0v) is 18.4. The minimum Gasteiger partial charge on any atom is -0.384 e. The highest BCUT2D eigenvalue weighted by molar-refractivity contribution is 5.79. The smallest absolute Gasteiger partial charge is 0.222 e. The van der Waals surface area contributed by atoms with Gasteiger partial charge in [0.25, 0.3) is 0 Å². The van der Waals surface area contributed by atoms with Gasteiger partial charge < -0.3 is 15.0 Å². The number of carbonyl (C=O) groups is 1. The largest absolute Gasteiger partial charge is 0.384 e. The predicted octanol–water partition coefficient (Wildman–Crippen LogP) is 4.21. The number of hydrogen-bond donors (Lipinski definition) is 1. The van der Waals surface area contributed by atoms with Crippen LogP contribution in [0.4, 0.5) is 14.6 Å². The summed E-state index contributed by atoms with van der Waals surface area (Å²) >= 11 is 0. The second-order valence-electron chi connectivity index (χ2n) is 8.01. The van der Waals surface area contributed by atoms with Crippen molar-refractivity contribution in [1.82, 2.24) is 15.3 Å². The summed E-state index contributed by atoms with van der Waals surface area (Å²) in [5, 5.41) is 3.06. The quantitative estimate of drug-likeness (QED) is 0.582. The van der Waals surface area contributed by atoms with Crippen molar-refractivity contribution in [3.63, 3.8) is 0 Å². The third-order valence-electron chi connectivity index (χ3n) is 5.71. The summed E-state index contributed by atoms with van der Waals surface area (Å²) in [6.07, 6.45) is 3.66. The van der Waals surface area contributed by atoms with Crippen LogP contribution >= 0.6 is 0 Å². The SMILES string of the molecule is COCCC(=O)NC1CCN(c2cnc(-c3ccc(F)cc3)c(-c3ccc(F)cc3)n2)CC1. The third kappa shape index (κ3) is 5.70. The highest BCUT2D eigenvalue weighted by atomic mass is 19.1. The fourth-order valence-corrected chi connectivity index (χ4v) is 3.91. The Hall–Kier alpha value is -3.39. The first-order valence-corrected chi connectivity index (χ1v) is 11.0. The number of ether oxygens (including phenoxy) is 1. The number of rotatable bonds is 7. The van der Waals surface area contributed by atoms with Crippen molar-refractivity contribution in [2.45, 2.75) is 25.3 Å². The van der Waals surface area contributed by atoms with Crippen molar-refractivity contribution in [2.75, 3.05) is 31.7 Å². The lowest BCUT2D eigenvalue weighted by Gasteiger charge is -2.33. The molecule has 0 aliphatic carbocycles. The van der Waals surface area contributed by atoms with E-state index in [1.165, 1.54) is 24.3 Å². The molecule has 0 unspecified atom stereocenters. The molecule has 2 aromatic carbocycles. The van der Waals surface area contributed by atoms with E-state index in [0.717, 1.165) is 37.1 Å². The van der Waals surface area contributed by atoms with Gasteiger partial charge in [-0.15, -0.1) is 0 Å². The number of benzene rings is 2. The summed E-state index contributed by atoms with van der Waals surface area (Å²) < 4.78 is 31.9. The summed E-state index contributed by atoms with van der Waals surface area (Å²) in [5.41, 5.74) is 2.66. The van der Waals surface area contributed by atoms with Crippen molar-refractivity contribution in [1.29, 1.82) is 0 Å². The number of anilines is 1. The Morgan fingerprint density at radius 3 is 2.15 bits per heavy atom. The van der Waals surface area contributed by atoms with E-state index in [9.17, 15) is 13.6 Å². The maximum Gasteiger partial charge on any atom is 0.222 e. The van der Waals surface area contributed by atoms with Crippen LogP contribution in [-0.4, -0.2) is 48.7 Å². The second-order valence-corrected chi connectivity index (χ2v) is 8.01. The molecule has 1 aromatic heterocycles. The van der Waals surface area contributed by atoms with E-state index in [-0.39, 0.29) is 23.6 Å². The lowest BCUT2D eigenvalue weighted by atomic mass is 10.0. The lowest BCUT2D eigenvalue weighted by Crippen LogP contribution is -2.45. The average molecular weight is 453 g/mol. The van der Waals surface area contributed by atoms with Gasteiger partial charge in [0.15, 0.2) is 0 Å². The van der Waals surface area contributed by atoms with Crippen molar-refractivity contribution >= 4 is 11.7 Å². The minimum atomic E-state index is -0.333. The maximum absolute atomic E-state index is 13.5. The van der Waals surface area contributed by atoms with E-state index in [1.807, 2.05) is 0 Å². The van der Waals surface area contributed by atoms with Crippen molar-refractivity contribution in [3.8, 4) is 22.5 Å². The highest BCUT2D eigenvalue weighted by Crippen LogP contribution is 2.31. The molecule has 0 spiro atoms. The van der Waals surface area contributed by atoms with Gasteiger partial charge in [-0.3, -0.25) is 9.78 Å². The molecule has 6 nitrogen and oxygen atoms in total. The zero-order chi connectivity index (χ0) is 23.2. The molecule has 33 heavy (non-hydrogen) atoms. The summed E-state index contributed by atoms with van der Waals surface area (Å²) in [4.78, 5) is 23.6. The maximum atomic E-state index is 13.5. The topological polar surface area (TPSA) is 67.3 Å². The first-order valence-electron chi connectivity index (χ1n) is 11.0. The monoisotopic (exact) mass is 452 g/mol. The van der Waals surface area contributed by atoms with Crippen LogP contribution in [0.15, 0.2) is 54.7 Å². The fraction of sp³-hybridized carbons (Fsp3) is 0.320. The molecule has 8 heteroatoms. The molecule has 1 fully saturated rings. The van der Waals surface area contributed by atoms with Gasteiger partial charge in [-0.05, 0) is 61.4 Å². The molecule has 0 atom stereocenters.